The van der Waals surface area contributed by atoms with Crippen LogP contribution < -0.4 is 10.1 Å². The van der Waals surface area contributed by atoms with Crippen molar-refractivity contribution in [3.63, 3.8) is 0 Å². The van der Waals surface area contributed by atoms with Crippen molar-refractivity contribution in [3.8, 4) is 17.6 Å². The molecule has 1 fully saturated rings. The van der Waals surface area contributed by atoms with Crippen molar-refractivity contribution in [3.05, 3.63) is 101 Å². The lowest BCUT2D eigenvalue weighted by atomic mass is 9.95. The maximum absolute atomic E-state index is 13.3. The molecule has 1 amide bonds. The molecule has 0 aliphatic carbocycles. The van der Waals surface area contributed by atoms with Crippen molar-refractivity contribution in [2.45, 2.75) is 12.1 Å². The third-order valence-corrected chi connectivity index (χ3v) is 4.69. The van der Waals surface area contributed by atoms with Crippen LogP contribution in [0.25, 0.3) is 0 Å². The summed E-state index contributed by atoms with van der Waals surface area (Å²) in [6.07, 6.45) is -1.05. The molecule has 0 aromatic heterocycles. The Kier molecular flexibility index (Phi) is 5.36. The van der Waals surface area contributed by atoms with E-state index in [1.807, 2.05) is 36.4 Å². The number of carbonyl (C=O) groups excluding carboxylic acids is 1. The van der Waals surface area contributed by atoms with E-state index in [4.69, 9.17) is 9.47 Å². The second-order valence-electron chi connectivity index (χ2n) is 6.76. The Morgan fingerprint density at radius 3 is 2.37 bits per heavy atom. The quantitative estimate of drug-likeness (QED) is 0.631. The first-order valence-corrected chi connectivity index (χ1v) is 9.21. The third kappa shape index (κ3) is 4.26. The van der Waals surface area contributed by atoms with Gasteiger partial charge in [0.25, 0.3) is 0 Å². The van der Waals surface area contributed by atoms with Gasteiger partial charge < -0.3 is 14.8 Å². The minimum Gasteiger partial charge on any atom is -0.497 e. The van der Waals surface area contributed by atoms with Crippen LogP contribution in [0.1, 0.15) is 34.4 Å². The van der Waals surface area contributed by atoms with E-state index < -0.39 is 29.9 Å². The number of alkyl carbamates (subject to hydrolysis) is 1. The van der Waals surface area contributed by atoms with Crippen LogP contribution >= 0.6 is 0 Å². The fourth-order valence-corrected chi connectivity index (χ4v) is 3.34. The van der Waals surface area contributed by atoms with Gasteiger partial charge in [0.15, 0.2) is 6.10 Å². The number of amides is 1. The van der Waals surface area contributed by atoms with Gasteiger partial charge in [-0.1, -0.05) is 36.1 Å². The Bertz CT molecular complexity index is 1150. The summed E-state index contributed by atoms with van der Waals surface area (Å²) in [7, 11) is 1.57. The van der Waals surface area contributed by atoms with Crippen molar-refractivity contribution in [1.82, 2.24) is 5.32 Å². The van der Waals surface area contributed by atoms with Crippen LogP contribution in [0.4, 0.5) is 13.6 Å². The molecule has 0 spiro atoms. The van der Waals surface area contributed by atoms with Crippen LogP contribution in [0.5, 0.6) is 5.75 Å². The number of halogens is 2. The molecular formula is C24H17F2NO3. The fourth-order valence-electron chi connectivity index (χ4n) is 3.34. The van der Waals surface area contributed by atoms with Gasteiger partial charge in [-0.05, 0) is 47.5 Å². The van der Waals surface area contributed by atoms with E-state index in [2.05, 4.69) is 17.2 Å². The van der Waals surface area contributed by atoms with E-state index >= 15 is 0 Å². The molecule has 0 unspecified atom stereocenters. The molecule has 2 atom stereocenters. The number of hydrogen-bond donors (Lipinski definition) is 1. The number of benzene rings is 3. The maximum atomic E-state index is 13.3. The van der Waals surface area contributed by atoms with Crippen molar-refractivity contribution in [2.24, 2.45) is 0 Å². The zero-order valence-corrected chi connectivity index (χ0v) is 16.0. The summed E-state index contributed by atoms with van der Waals surface area (Å²) in [4.78, 5) is 12.0. The molecule has 30 heavy (non-hydrogen) atoms. The fraction of sp³-hybridized carbons (Fsp3) is 0.125. The Balaban J connectivity index is 1.64. The zero-order valence-electron chi connectivity index (χ0n) is 16.0. The minimum atomic E-state index is -0.681. The Morgan fingerprint density at radius 1 is 0.900 bits per heavy atom. The first-order valence-electron chi connectivity index (χ1n) is 9.21. The van der Waals surface area contributed by atoms with E-state index in [-0.39, 0.29) is 5.56 Å². The van der Waals surface area contributed by atoms with Crippen molar-refractivity contribution in [1.29, 1.82) is 0 Å². The van der Waals surface area contributed by atoms with Crippen LogP contribution in [-0.2, 0) is 4.74 Å². The van der Waals surface area contributed by atoms with Gasteiger partial charge in [0.2, 0.25) is 0 Å². The van der Waals surface area contributed by atoms with Gasteiger partial charge in [0.1, 0.15) is 17.4 Å². The second kappa shape index (κ2) is 8.26. The third-order valence-electron chi connectivity index (χ3n) is 4.69. The summed E-state index contributed by atoms with van der Waals surface area (Å²) in [5, 5.41) is 2.82. The van der Waals surface area contributed by atoms with Gasteiger partial charge in [0.05, 0.1) is 13.2 Å². The number of hydrogen-bond acceptors (Lipinski definition) is 3. The monoisotopic (exact) mass is 405 g/mol. The predicted molar refractivity (Wildman–Crippen MR) is 107 cm³/mol. The molecule has 150 valence electrons. The zero-order chi connectivity index (χ0) is 21.1. The number of nitrogens with one attached hydrogen (secondary N) is 1. The Morgan fingerprint density at radius 2 is 1.60 bits per heavy atom. The first-order chi connectivity index (χ1) is 14.5. The smallest absolute Gasteiger partial charge is 0.408 e. The lowest BCUT2D eigenvalue weighted by Crippen LogP contribution is -2.19. The van der Waals surface area contributed by atoms with E-state index in [0.717, 1.165) is 17.2 Å². The van der Waals surface area contributed by atoms with E-state index in [1.54, 1.807) is 19.2 Å². The largest absolute Gasteiger partial charge is 0.497 e. The molecule has 1 heterocycles. The molecule has 6 heteroatoms. The average molecular weight is 405 g/mol. The number of cyclic esters (lactones) is 1. The van der Waals surface area contributed by atoms with Gasteiger partial charge in [-0.25, -0.2) is 13.6 Å². The average Bonchev–Trinajstić information content (AvgIpc) is 3.14. The van der Waals surface area contributed by atoms with Crippen LogP contribution in [0.2, 0.25) is 0 Å². The summed E-state index contributed by atoms with van der Waals surface area (Å²) in [6.45, 7) is 0. The summed E-state index contributed by atoms with van der Waals surface area (Å²) < 4.78 is 37.4. The predicted octanol–water partition coefficient (Wildman–Crippen LogP) is 4.90. The molecule has 1 aliphatic heterocycles. The Hall–Kier alpha value is -3.85. The highest BCUT2D eigenvalue weighted by Crippen LogP contribution is 2.37. The molecule has 4 nitrogen and oxygen atoms in total. The first kappa shape index (κ1) is 19.5. The minimum absolute atomic E-state index is 0.240. The molecule has 1 saturated heterocycles. The summed E-state index contributed by atoms with van der Waals surface area (Å²) in [6, 6.07) is 17.3. The molecule has 1 aliphatic rings. The van der Waals surface area contributed by atoms with Gasteiger partial charge in [-0.15, -0.1) is 0 Å². The Labute approximate surface area is 172 Å². The van der Waals surface area contributed by atoms with Crippen molar-refractivity contribution >= 4 is 6.09 Å². The van der Waals surface area contributed by atoms with Crippen molar-refractivity contribution < 1.29 is 23.0 Å². The number of ether oxygens (including phenoxy) is 2. The standard InChI is InChI=1S/C24H17F2NO3/c1-29-21-7-3-6-18(13-21)23-22(27-24(28)30-23)17-5-2-4-15(10-17)8-9-16-11-19(25)14-20(26)12-16/h2-7,10-14,22-23H,1H3,(H,27,28)/t22-,23-/m0/s1. The number of methoxy groups -OCH3 is 1. The molecule has 3 aromatic rings. The van der Waals surface area contributed by atoms with Crippen molar-refractivity contribution in [2.75, 3.05) is 7.11 Å². The molecule has 0 bridgehead atoms. The molecule has 0 radical (unpaired) electrons. The molecular weight excluding hydrogens is 388 g/mol. The van der Waals surface area contributed by atoms with Gasteiger partial charge in [0, 0.05) is 17.2 Å². The topological polar surface area (TPSA) is 47.6 Å². The van der Waals surface area contributed by atoms with Crippen LogP contribution in [0.3, 0.4) is 0 Å². The lowest BCUT2D eigenvalue weighted by Gasteiger charge is -2.18. The van der Waals surface area contributed by atoms with Crippen LogP contribution in [-0.4, -0.2) is 13.2 Å². The highest BCUT2D eigenvalue weighted by atomic mass is 19.1. The second-order valence-corrected chi connectivity index (χ2v) is 6.76. The molecule has 4 rings (SSSR count). The lowest BCUT2D eigenvalue weighted by molar-refractivity contribution is 0.132. The number of carbonyl (C=O) groups is 1. The molecule has 0 saturated carbocycles. The molecule has 3 aromatic carbocycles. The summed E-state index contributed by atoms with van der Waals surface area (Å²) >= 11 is 0. The molecule has 1 N–H and O–H groups in total. The van der Waals surface area contributed by atoms with E-state index in [0.29, 0.717) is 11.3 Å². The van der Waals surface area contributed by atoms with E-state index in [9.17, 15) is 13.6 Å². The highest BCUT2D eigenvalue weighted by Gasteiger charge is 2.36. The van der Waals surface area contributed by atoms with E-state index in [1.165, 1.54) is 12.1 Å². The summed E-state index contributed by atoms with van der Waals surface area (Å²) in [5.74, 6) is 4.97. The van der Waals surface area contributed by atoms with Crippen LogP contribution in [0, 0.1) is 23.5 Å². The normalized spacial score (nSPS) is 17.5. The summed E-state index contributed by atoms with van der Waals surface area (Å²) in [5.41, 5.74) is 2.47. The van der Waals surface area contributed by atoms with Gasteiger partial charge >= 0.3 is 6.09 Å². The highest BCUT2D eigenvalue weighted by molar-refractivity contribution is 5.71. The SMILES string of the molecule is COc1cccc([C@@H]2OC(=O)N[C@H]2c2cccc(C#Cc3cc(F)cc(F)c3)c2)c1. The number of rotatable bonds is 3. The van der Waals surface area contributed by atoms with Crippen LogP contribution in [0.15, 0.2) is 66.7 Å². The van der Waals surface area contributed by atoms with Gasteiger partial charge in [-0.2, -0.15) is 0 Å². The van der Waals surface area contributed by atoms with Gasteiger partial charge in [-0.3, -0.25) is 0 Å². The maximum Gasteiger partial charge on any atom is 0.408 e.